The molecule has 1 aromatic heterocycles. The second kappa shape index (κ2) is 7.35. The zero-order valence-electron chi connectivity index (χ0n) is 11.5. The Morgan fingerprint density at radius 3 is 2.50 bits per heavy atom. The van der Waals surface area contributed by atoms with Crippen molar-refractivity contribution >= 4 is 17.2 Å². The van der Waals surface area contributed by atoms with Crippen molar-refractivity contribution in [3.05, 3.63) is 48.7 Å². The quantitative estimate of drug-likeness (QED) is 0.819. The van der Waals surface area contributed by atoms with Crippen molar-refractivity contribution in [2.24, 2.45) is 10.2 Å². The zero-order chi connectivity index (χ0) is 14.2. The molecule has 0 spiro atoms. The third-order valence-corrected chi connectivity index (χ3v) is 2.88. The first kappa shape index (κ1) is 14.1. The van der Waals surface area contributed by atoms with Gasteiger partial charge in [-0.15, -0.1) is 10.2 Å². The minimum Gasteiger partial charge on any atom is -0.395 e. The lowest BCUT2D eigenvalue weighted by Gasteiger charge is -2.21. The third-order valence-electron chi connectivity index (χ3n) is 2.88. The standard InChI is InChI=1S/C15H18N4O/c1-2-19(11-12-20)14-8-6-13(7-9-14)17-18-15-5-3-4-10-16-15/h3-10,20H,2,11-12H2,1H3. The molecule has 0 saturated carbocycles. The molecule has 0 fully saturated rings. The predicted molar refractivity (Wildman–Crippen MR) is 79.8 cm³/mol. The number of benzene rings is 1. The van der Waals surface area contributed by atoms with Gasteiger partial charge in [-0.25, -0.2) is 4.98 Å². The first-order valence-corrected chi connectivity index (χ1v) is 6.62. The van der Waals surface area contributed by atoms with Gasteiger partial charge in [0.25, 0.3) is 0 Å². The molecule has 1 N–H and O–H groups in total. The largest absolute Gasteiger partial charge is 0.395 e. The van der Waals surface area contributed by atoms with Gasteiger partial charge in [0, 0.05) is 25.0 Å². The Bertz CT molecular complexity index is 540. The fourth-order valence-corrected chi connectivity index (χ4v) is 1.84. The Morgan fingerprint density at radius 1 is 1.10 bits per heavy atom. The van der Waals surface area contributed by atoms with E-state index in [1.165, 1.54) is 0 Å². The minimum absolute atomic E-state index is 0.148. The van der Waals surface area contributed by atoms with Gasteiger partial charge in [0.2, 0.25) is 0 Å². The Kier molecular flexibility index (Phi) is 5.20. The molecule has 0 atom stereocenters. The SMILES string of the molecule is CCN(CCO)c1ccc(N=Nc2ccccn2)cc1. The summed E-state index contributed by atoms with van der Waals surface area (Å²) in [6.07, 6.45) is 1.69. The van der Waals surface area contributed by atoms with E-state index in [0.29, 0.717) is 12.4 Å². The van der Waals surface area contributed by atoms with Gasteiger partial charge in [-0.1, -0.05) is 6.07 Å². The van der Waals surface area contributed by atoms with Crippen LogP contribution in [0.2, 0.25) is 0 Å². The number of aromatic nitrogens is 1. The van der Waals surface area contributed by atoms with E-state index < -0.39 is 0 Å². The summed E-state index contributed by atoms with van der Waals surface area (Å²) in [4.78, 5) is 6.18. The number of pyridine rings is 1. The van der Waals surface area contributed by atoms with Crippen LogP contribution in [-0.4, -0.2) is 29.8 Å². The molecule has 5 heteroatoms. The van der Waals surface area contributed by atoms with Crippen molar-refractivity contribution in [3.63, 3.8) is 0 Å². The lowest BCUT2D eigenvalue weighted by Crippen LogP contribution is -2.25. The predicted octanol–water partition coefficient (Wildman–Crippen LogP) is 3.32. The van der Waals surface area contributed by atoms with E-state index >= 15 is 0 Å². The summed E-state index contributed by atoms with van der Waals surface area (Å²) in [6, 6.07) is 13.3. The molecule has 0 unspecified atom stereocenters. The van der Waals surface area contributed by atoms with Gasteiger partial charge >= 0.3 is 0 Å². The van der Waals surface area contributed by atoms with E-state index in [1.54, 1.807) is 12.3 Å². The summed E-state index contributed by atoms with van der Waals surface area (Å²) in [5.41, 5.74) is 1.85. The Hall–Kier alpha value is -2.27. The molecule has 0 bridgehead atoms. The summed E-state index contributed by atoms with van der Waals surface area (Å²) < 4.78 is 0. The van der Waals surface area contributed by atoms with Gasteiger partial charge in [0.1, 0.15) is 0 Å². The first-order chi connectivity index (χ1) is 9.83. The van der Waals surface area contributed by atoms with Crippen LogP contribution in [0, 0.1) is 0 Å². The number of likely N-dealkylation sites (N-methyl/N-ethyl adjacent to an activating group) is 1. The van der Waals surface area contributed by atoms with Crippen LogP contribution in [0.5, 0.6) is 0 Å². The maximum Gasteiger partial charge on any atom is 0.174 e. The topological polar surface area (TPSA) is 61.1 Å². The van der Waals surface area contributed by atoms with Crippen LogP contribution < -0.4 is 4.90 Å². The van der Waals surface area contributed by atoms with Crippen LogP contribution in [0.3, 0.4) is 0 Å². The zero-order valence-corrected chi connectivity index (χ0v) is 11.5. The molecular weight excluding hydrogens is 252 g/mol. The highest BCUT2D eigenvalue weighted by Crippen LogP contribution is 2.21. The van der Waals surface area contributed by atoms with Crippen LogP contribution in [0.1, 0.15) is 6.92 Å². The summed E-state index contributed by atoms with van der Waals surface area (Å²) >= 11 is 0. The minimum atomic E-state index is 0.148. The number of aliphatic hydroxyl groups excluding tert-OH is 1. The highest BCUT2D eigenvalue weighted by atomic mass is 16.3. The molecule has 1 heterocycles. The Balaban J connectivity index is 2.06. The van der Waals surface area contributed by atoms with E-state index in [0.717, 1.165) is 17.9 Å². The second-order valence-electron chi connectivity index (χ2n) is 4.21. The molecule has 0 aliphatic carbocycles. The van der Waals surface area contributed by atoms with Gasteiger partial charge in [-0.2, -0.15) is 0 Å². The van der Waals surface area contributed by atoms with Gasteiger partial charge in [0.15, 0.2) is 5.82 Å². The maximum absolute atomic E-state index is 9.01. The molecule has 2 aromatic rings. The lowest BCUT2D eigenvalue weighted by atomic mass is 10.2. The molecule has 1 aromatic carbocycles. The molecule has 104 valence electrons. The number of hydrogen-bond acceptors (Lipinski definition) is 5. The van der Waals surface area contributed by atoms with Gasteiger partial charge in [-0.3, -0.25) is 0 Å². The summed E-state index contributed by atoms with van der Waals surface area (Å²) in [6.45, 7) is 3.69. The van der Waals surface area contributed by atoms with Crippen molar-refractivity contribution < 1.29 is 5.11 Å². The van der Waals surface area contributed by atoms with Crippen molar-refractivity contribution in [2.45, 2.75) is 6.92 Å². The first-order valence-electron chi connectivity index (χ1n) is 6.62. The number of anilines is 1. The molecule has 2 rings (SSSR count). The average molecular weight is 270 g/mol. The van der Waals surface area contributed by atoms with E-state index in [2.05, 4.69) is 27.0 Å². The molecule has 0 amide bonds. The Morgan fingerprint density at radius 2 is 1.90 bits per heavy atom. The van der Waals surface area contributed by atoms with Gasteiger partial charge in [-0.05, 0) is 43.3 Å². The highest BCUT2D eigenvalue weighted by Gasteiger charge is 2.02. The fourth-order valence-electron chi connectivity index (χ4n) is 1.84. The summed E-state index contributed by atoms with van der Waals surface area (Å²) in [5, 5.41) is 17.2. The number of nitrogens with zero attached hydrogens (tertiary/aromatic N) is 4. The molecular formula is C15H18N4O. The van der Waals surface area contributed by atoms with Crippen molar-refractivity contribution in [1.29, 1.82) is 0 Å². The summed E-state index contributed by atoms with van der Waals surface area (Å²) in [5.74, 6) is 0.590. The van der Waals surface area contributed by atoms with Gasteiger partial charge in [0.05, 0.1) is 12.3 Å². The number of aliphatic hydroxyl groups is 1. The fraction of sp³-hybridized carbons (Fsp3) is 0.267. The summed E-state index contributed by atoms with van der Waals surface area (Å²) in [7, 11) is 0. The Labute approximate surface area is 118 Å². The highest BCUT2D eigenvalue weighted by molar-refractivity contribution is 5.52. The van der Waals surface area contributed by atoms with Crippen molar-refractivity contribution in [2.75, 3.05) is 24.6 Å². The molecule has 0 aliphatic rings. The lowest BCUT2D eigenvalue weighted by molar-refractivity contribution is 0.302. The third kappa shape index (κ3) is 3.86. The van der Waals surface area contributed by atoms with Gasteiger partial charge < -0.3 is 10.0 Å². The molecule has 0 saturated heterocycles. The number of hydrogen-bond donors (Lipinski definition) is 1. The van der Waals surface area contributed by atoms with Crippen LogP contribution in [-0.2, 0) is 0 Å². The van der Waals surface area contributed by atoms with E-state index in [4.69, 9.17) is 5.11 Å². The normalized spacial score (nSPS) is 10.9. The smallest absolute Gasteiger partial charge is 0.174 e. The average Bonchev–Trinajstić information content (AvgIpc) is 2.52. The van der Waals surface area contributed by atoms with E-state index in [9.17, 15) is 0 Å². The van der Waals surface area contributed by atoms with Crippen LogP contribution in [0.4, 0.5) is 17.2 Å². The number of rotatable bonds is 6. The van der Waals surface area contributed by atoms with E-state index in [-0.39, 0.29) is 6.61 Å². The number of azo groups is 1. The molecule has 20 heavy (non-hydrogen) atoms. The molecule has 5 nitrogen and oxygen atoms in total. The van der Waals surface area contributed by atoms with Crippen LogP contribution in [0.15, 0.2) is 58.9 Å². The van der Waals surface area contributed by atoms with Crippen molar-refractivity contribution in [3.8, 4) is 0 Å². The van der Waals surface area contributed by atoms with E-state index in [1.807, 2.05) is 36.4 Å². The second-order valence-corrected chi connectivity index (χ2v) is 4.21. The molecule has 0 radical (unpaired) electrons. The maximum atomic E-state index is 9.01. The van der Waals surface area contributed by atoms with Crippen molar-refractivity contribution in [1.82, 2.24) is 4.98 Å². The van der Waals surface area contributed by atoms with Crippen LogP contribution >= 0.6 is 0 Å². The van der Waals surface area contributed by atoms with Crippen LogP contribution in [0.25, 0.3) is 0 Å². The molecule has 0 aliphatic heterocycles. The monoisotopic (exact) mass is 270 g/mol.